The van der Waals surface area contributed by atoms with Gasteiger partial charge in [-0.25, -0.2) is 0 Å². The summed E-state index contributed by atoms with van der Waals surface area (Å²) in [6, 6.07) is 14.8. The molecule has 6 nitrogen and oxygen atoms in total. The van der Waals surface area contributed by atoms with E-state index in [0.717, 1.165) is 49.8 Å². The predicted octanol–water partition coefficient (Wildman–Crippen LogP) is 2.82. The average Bonchev–Trinajstić information content (AvgIpc) is 3.18. The minimum absolute atomic E-state index is 0.313. The number of nitrogens with one attached hydrogen (secondary N) is 2. The third-order valence-electron chi connectivity index (χ3n) is 4.75. The van der Waals surface area contributed by atoms with Crippen molar-refractivity contribution in [1.29, 1.82) is 0 Å². The molecule has 2 aromatic rings. The van der Waals surface area contributed by atoms with E-state index in [9.17, 15) is 0 Å². The van der Waals surface area contributed by atoms with E-state index in [1.54, 1.807) is 7.05 Å². The molecule has 0 unspecified atom stereocenters. The molecule has 0 saturated heterocycles. The molecule has 0 spiro atoms. The van der Waals surface area contributed by atoms with E-state index in [2.05, 4.69) is 65.0 Å². The van der Waals surface area contributed by atoms with E-state index in [-0.39, 0.29) is 0 Å². The topological polar surface area (TPSA) is 58.1 Å². The van der Waals surface area contributed by atoms with Crippen LogP contribution in [-0.4, -0.2) is 47.0 Å². The van der Waals surface area contributed by atoms with Crippen molar-refractivity contribution in [3.8, 4) is 11.5 Å². The van der Waals surface area contributed by atoms with Crippen LogP contribution in [-0.2, 0) is 12.8 Å². The molecule has 28 heavy (non-hydrogen) atoms. The Hall–Kier alpha value is -2.89. The molecule has 0 fully saturated rings. The molecule has 0 saturated carbocycles. The number of hydrogen-bond donors (Lipinski definition) is 2. The van der Waals surface area contributed by atoms with Crippen molar-refractivity contribution in [3.63, 3.8) is 0 Å². The van der Waals surface area contributed by atoms with Gasteiger partial charge >= 0.3 is 0 Å². The Morgan fingerprint density at radius 3 is 2.39 bits per heavy atom. The summed E-state index contributed by atoms with van der Waals surface area (Å²) >= 11 is 0. The minimum atomic E-state index is 0.313. The Bertz CT molecular complexity index is 788. The van der Waals surface area contributed by atoms with Gasteiger partial charge in [-0.3, -0.25) is 4.99 Å². The van der Waals surface area contributed by atoms with Gasteiger partial charge in [0, 0.05) is 39.9 Å². The van der Waals surface area contributed by atoms with Gasteiger partial charge in [0.1, 0.15) is 0 Å². The smallest absolute Gasteiger partial charge is 0.231 e. The van der Waals surface area contributed by atoms with E-state index < -0.39 is 0 Å². The molecule has 0 radical (unpaired) electrons. The van der Waals surface area contributed by atoms with Crippen molar-refractivity contribution >= 4 is 11.6 Å². The highest BCUT2D eigenvalue weighted by atomic mass is 16.7. The summed E-state index contributed by atoms with van der Waals surface area (Å²) in [6.45, 7) is 2.01. The first-order valence-corrected chi connectivity index (χ1v) is 9.75. The second-order valence-electron chi connectivity index (χ2n) is 7.03. The third kappa shape index (κ3) is 5.55. The fourth-order valence-electron chi connectivity index (χ4n) is 3.10. The summed E-state index contributed by atoms with van der Waals surface area (Å²) in [5.74, 6) is 2.49. The summed E-state index contributed by atoms with van der Waals surface area (Å²) in [7, 11) is 5.92. The van der Waals surface area contributed by atoms with Crippen molar-refractivity contribution in [1.82, 2.24) is 10.6 Å². The zero-order chi connectivity index (χ0) is 19.8. The first-order valence-electron chi connectivity index (χ1n) is 9.75. The van der Waals surface area contributed by atoms with Crippen LogP contribution < -0.4 is 25.0 Å². The number of aliphatic imine (C=N–C) groups is 1. The summed E-state index contributed by atoms with van der Waals surface area (Å²) in [5, 5.41) is 6.75. The Kier molecular flexibility index (Phi) is 7.00. The van der Waals surface area contributed by atoms with Gasteiger partial charge < -0.3 is 25.0 Å². The van der Waals surface area contributed by atoms with Crippen LogP contribution in [0.3, 0.4) is 0 Å². The van der Waals surface area contributed by atoms with Crippen molar-refractivity contribution in [2.45, 2.75) is 19.3 Å². The molecular weight excluding hydrogens is 352 g/mol. The first-order chi connectivity index (χ1) is 13.7. The highest BCUT2D eigenvalue weighted by Gasteiger charge is 2.12. The van der Waals surface area contributed by atoms with Gasteiger partial charge in [0.2, 0.25) is 6.79 Å². The molecule has 3 rings (SSSR count). The van der Waals surface area contributed by atoms with E-state index in [1.165, 1.54) is 16.8 Å². The SMILES string of the molecule is CN=C(NCCCc1ccc(N(C)C)cc1)NCCc1ccc2c(c1)OCO2. The molecule has 2 aromatic carbocycles. The zero-order valence-electron chi connectivity index (χ0n) is 17.0. The number of guanidine groups is 1. The molecule has 1 aliphatic rings. The van der Waals surface area contributed by atoms with Crippen LogP contribution in [0.5, 0.6) is 11.5 Å². The average molecular weight is 383 g/mol. The number of rotatable bonds is 8. The maximum absolute atomic E-state index is 5.43. The van der Waals surface area contributed by atoms with Crippen molar-refractivity contribution < 1.29 is 9.47 Å². The highest BCUT2D eigenvalue weighted by Crippen LogP contribution is 2.32. The van der Waals surface area contributed by atoms with Gasteiger partial charge in [-0.05, 0) is 54.7 Å². The molecule has 0 bridgehead atoms. The summed E-state index contributed by atoms with van der Waals surface area (Å²) in [6.07, 6.45) is 3.01. The lowest BCUT2D eigenvalue weighted by molar-refractivity contribution is 0.174. The highest BCUT2D eigenvalue weighted by molar-refractivity contribution is 5.79. The number of anilines is 1. The van der Waals surface area contributed by atoms with E-state index in [4.69, 9.17) is 9.47 Å². The lowest BCUT2D eigenvalue weighted by Crippen LogP contribution is -2.38. The van der Waals surface area contributed by atoms with Crippen molar-refractivity contribution in [2.75, 3.05) is 45.9 Å². The standard InChI is InChI=1S/C22H30N4O2/c1-23-22(24-13-4-5-17-6-9-19(10-7-17)26(2)3)25-14-12-18-8-11-20-21(15-18)28-16-27-20/h6-11,15H,4-5,12-14,16H2,1-3H3,(H2,23,24,25). The van der Waals surface area contributed by atoms with Gasteiger partial charge in [-0.15, -0.1) is 0 Å². The summed E-state index contributed by atoms with van der Waals surface area (Å²) in [4.78, 5) is 6.41. The predicted molar refractivity (Wildman–Crippen MR) is 115 cm³/mol. The quantitative estimate of drug-likeness (QED) is 0.418. The zero-order valence-corrected chi connectivity index (χ0v) is 17.0. The van der Waals surface area contributed by atoms with Crippen LogP contribution in [0.4, 0.5) is 5.69 Å². The van der Waals surface area contributed by atoms with Crippen molar-refractivity contribution in [2.24, 2.45) is 4.99 Å². The van der Waals surface area contributed by atoms with Gasteiger partial charge in [0.15, 0.2) is 17.5 Å². The van der Waals surface area contributed by atoms with E-state index in [0.29, 0.717) is 6.79 Å². The number of hydrogen-bond acceptors (Lipinski definition) is 4. The van der Waals surface area contributed by atoms with Crippen LogP contribution in [0.1, 0.15) is 17.5 Å². The van der Waals surface area contributed by atoms with Gasteiger partial charge in [0.25, 0.3) is 0 Å². The number of benzene rings is 2. The minimum Gasteiger partial charge on any atom is -0.454 e. The summed E-state index contributed by atoms with van der Waals surface area (Å²) < 4.78 is 10.8. The van der Waals surface area contributed by atoms with Gasteiger partial charge in [-0.2, -0.15) is 0 Å². The molecule has 6 heteroatoms. The Balaban J connectivity index is 1.34. The lowest BCUT2D eigenvalue weighted by atomic mass is 10.1. The molecule has 0 atom stereocenters. The number of ether oxygens (including phenoxy) is 2. The lowest BCUT2D eigenvalue weighted by Gasteiger charge is -2.13. The van der Waals surface area contributed by atoms with E-state index >= 15 is 0 Å². The second kappa shape index (κ2) is 9.88. The molecule has 2 N–H and O–H groups in total. The fraction of sp³-hybridized carbons (Fsp3) is 0.409. The molecule has 0 aliphatic carbocycles. The maximum atomic E-state index is 5.43. The maximum Gasteiger partial charge on any atom is 0.231 e. The van der Waals surface area contributed by atoms with Gasteiger partial charge in [-0.1, -0.05) is 18.2 Å². The van der Waals surface area contributed by atoms with Crippen LogP contribution in [0.15, 0.2) is 47.5 Å². The van der Waals surface area contributed by atoms with Gasteiger partial charge in [0.05, 0.1) is 0 Å². The molecule has 0 amide bonds. The van der Waals surface area contributed by atoms with Crippen LogP contribution in [0, 0.1) is 0 Å². The third-order valence-corrected chi connectivity index (χ3v) is 4.75. The summed E-state index contributed by atoms with van der Waals surface area (Å²) in [5.41, 5.74) is 3.81. The van der Waals surface area contributed by atoms with Crippen LogP contribution >= 0.6 is 0 Å². The second-order valence-corrected chi connectivity index (χ2v) is 7.03. The molecular formula is C22H30N4O2. The number of nitrogens with zero attached hydrogens (tertiary/aromatic N) is 2. The monoisotopic (exact) mass is 382 g/mol. The van der Waals surface area contributed by atoms with E-state index in [1.807, 2.05) is 12.1 Å². The normalized spacial score (nSPS) is 12.8. The number of aryl methyl sites for hydroxylation is 1. The van der Waals surface area contributed by atoms with Crippen LogP contribution in [0.2, 0.25) is 0 Å². The fourth-order valence-corrected chi connectivity index (χ4v) is 3.10. The molecule has 1 heterocycles. The van der Waals surface area contributed by atoms with Crippen LogP contribution in [0.25, 0.3) is 0 Å². The largest absolute Gasteiger partial charge is 0.454 e. The molecule has 0 aromatic heterocycles. The molecule has 1 aliphatic heterocycles. The Morgan fingerprint density at radius 2 is 1.64 bits per heavy atom. The number of fused-ring (bicyclic) bond motifs is 1. The first kappa shape index (κ1) is 19.9. The van der Waals surface area contributed by atoms with Crippen molar-refractivity contribution in [3.05, 3.63) is 53.6 Å². The molecule has 150 valence electrons. The Labute approximate surface area is 167 Å². The Morgan fingerprint density at radius 1 is 0.929 bits per heavy atom.